The molecule has 1 atom stereocenters. The van der Waals surface area contributed by atoms with E-state index in [9.17, 15) is 26.4 Å². The van der Waals surface area contributed by atoms with Gasteiger partial charge in [0.2, 0.25) is 0 Å². The number of Topliss-reactive ketones (excluding diaryl/α,β-unsaturated/α-hetero) is 1. The number of rotatable bonds is 10. The highest BCUT2D eigenvalue weighted by molar-refractivity contribution is 7.93. The van der Waals surface area contributed by atoms with Crippen molar-refractivity contribution in [2.24, 2.45) is 5.41 Å². The van der Waals surface area contributed by atoms with Crippen LogP contribution in [0.5, 0.6) is 5.75 Å². The molecule has 0 saturated heterocycles. The number of carbonyl (C=O) groups is 1. The summed E-state index contributed by atoms with van der Waals surface area (Å²) in [5.41, 5.74) is -2.49. The fraction of sp³-hybridized carbons (Fsp3) is 0.500. The molecule has 2 aromatic carbocycles. The van der Waals surface area contributed by atoms with Crippen molar-refractivity contribution in [3.8, 4) is 5.75 Å². The quantitative estimate of drug-likeness (QED) is 0.384. The standard InChI is InChI=1S/C26H34F3NO4S/c1-7-20(21-11-13-23(18(3)15-21)34-16-24(31)25(4,5)6)10-8-19-9-12-22(17(2)14-19)30-35(32,33)26(27,28)29/h9,11-15,20,30H,7-8,10,16H2,1-6H3. The smallest absolute Gasteiger partial charge is 0.486 e. The molecule has 2 aromatic rings. The van der Waals surface area contributed by atoms with E-state index in [0.29, 0.717) is 17.7 Å². The second kappa shape index (κ2) is 11.0. The summed E-state index contributed by atoms with van der Waals surface area (Å²) in [4.78, 5) is 12.1. The number of ether oxygens (including phenoxy) is 1. The molecule has 0 saturated carbocycles. The molecule has 0 aliphatic carbocycles. The van der Waals surface area contributed by atoms with Gasteiger partial charge in [0.1, 0.15) is 12.4 Å². The first kappa shape index (κ1) is 28.7. The average molecular weight is 514 g/mol. The molecule has 0 aliphatic rings. The topological polar surface area (TPSA) is 72.5 Å². The first-order valence-corrected chi connectivity index (χ1v) is 13.0. The molecular weight excluding hydrogens is 479 g/mol. The van der Waals surface area contributed by atoms with Crippen LogP contribution < -0.4 is 9.46 Å². The summed E-state index contributed by atoms with van der Waals surface area (Å²) in [5, 5.41) is 0. The molecule has 0 radical (unpaired) electrons. The molecule has 0 fully saturated rings. The van der Waals surface area contributed by atoms with Crippen LogP contribution in [0, 0.1) is 19.3 Å². The summed E-state index contributed by atoms with van der Waals surface area (Å²) in [7, 11) is -5.45. The van der Waals surface area contributed by atoms with E-state index in [2.05, 4.69) is 13.0 Å². The molecular formula is C26H34F3NO4S. The zero-order valence-electron chi connectivity index (χ0n) is 21.0. The molecule has 0 bridgehead atoms. The highest BCUT2D eigenvalue weighted by Gasteiger charge is 2.46. The normalized spacial score (nSPS) is 13.4. The number of ketones is 1. The number of carbonyl (C=O) groups excluding carboxylic acids is 1. The maximum Gasteiger partial charge on any atom is 0.516 e. The molecule has 0 amide bonds. The third-order valence-electron chi connectivity index (χ3n) is 5.98. The van der Waals surface area contributed by atoms with Gasteiger partial charge >= 0.3 is 15.5 Å². The number of nitrogens with one attached hydrogen (secondary N) is 1. The number of hydrogen-bond acceptors (Lipinski definition) is 4. The monoisotopic (exact) mass is 513 g/mol. The minimum atomic E-state index is -5.45. The van der Waals surface area contributed by atoms with Crippen molar-refractivity contribution in [1.82, 2.24) is 0 Å². The number of benzene rings is 2. The molecule has 194 valence electrons. The van der Waals surface area contributed by atoms with Gasteiger partial charge in [-0.1, -0.05) is 52.0 Å². The largest absolute Gasteiger partial charge is 0.516 e. The predicted octanol–water partition coefficient (Wildman–Crippen LogP) is 6.69. The first-order chi connectivity index (χ1) is 16.0. The third kappa shape index (κ3) is 7.72. The lowest BCUT2D eigenvalue weighted by atomic mass is 9.89. The van der Waals surface area contributed by atoms with Crippen molar-refractivity contribution in [1.29, 1.82) is 0 Å². The van der Waals surface area contributed by atoms with Crippen LogP contribution in [0.1, 0.15) is 68.7 Å². The lowest BCUT2D eigenvalue weighted by Gasteiger charge is -2.20. The van der Waals surface area contributed by atoms with Crippen LogP contribution in [0.3, 0.4) is 0 Å². The van der Waals surface area contributed by atoms with Gasteiger partial charge in [-0.25, -0.2) is 0 Å². The Balaban J connectivity index is 2.06. The first-order valence-electron chi connectivity index (χ1n) is 11.5. The summed E-state index contributed by atoms with van der Waals surface area (Å²) < 4.78 is 68.0. The maximum atomic E-state index is 12.6. The highest BCUT2D eigenvalue weighted by Crippen LogP contribution is 2.31. The Labute approximate surface area is 206 Å². The van der Waals surface area contributed by atoms with E-state index in [0.717, 1.165) is 29.5 Å². The van der Waals surface area contributed by atoms with Crippen molar-refractivity contribution in [2.45, 2.75) is 72.2 Å². The van der Waals surface area contributed by atoms with Crippen LogP contribution in [0.2, 0.25) is 0 Å². The van der Waals surface area contributed by atoms with Gasteiger partial charge in [0.05, 0.1) is 5.69 Å². The van der Waals surface area contributed by atoms with E-state index in [1.165, 1.54) is 6.07 Å². The van der Waals surface area contributed by atoms with Crippen LogP contribution in [-0.4, -0.2) is 26.3 Å². The number of halogens is 3. The number of alkyl halides is 3. The SMILES string of the molecule is CCC(CCc1ccc(NS(=O)(=O)C(F)(F)F)c(C)c1)c1ccc(OCC(=O)C(C)(C)C)c(C)c1. The molecule has 0 spiro atoms. The Morgan fingerprint density at radius 3 is 2.20 bits per heavy atom. The molecule has 1 N–H and O–H groups in total. The van der Waals surface area contributed by atoms with E-state index < -0.39 is 20.9 Å². The van der Waals surface area contributed by atoms with E-state index in [1.54, 1.807) is 23.8 Å². The van der Waals surface area contributed by atoms with Gasteiger partial charge in [-0.15, -0.1) is 0 Å². The minimum absolute atomic E-state index is 0.0232. The molecule has 9 heteroatoms. The van der Waals surface area contributed by atoms with Crippen molar-refractivity contribution in [2.75, 3.05) is 11.3 Å². The Hall–Kier alpha value is -2.55. The number of anilines is 1. The highest BCUT2D eigenvalue weighted by atomic mass is 32.2. The van der Waals surface area contributed by atoms with Crippen LogP contribution in [0.25, 0.3) is 0 Å². The van der Waals surface area contributed by atoms with Crippen LogP contribution in [-0.2, 0) is 21.2 Å². The fourth-order valence-electron chi connectivity index (χ4n) is 3.59. The summed E-state index contributed by atoms with van der Waals surface area (Å²) in [6.07, 6.45) is 2.39. The van der Waals surface area contributed by atoms with Crippen molar-refractivity contribution < 1.29 is 31.1 Å². The van der Waals surface area contributed by atoms with E-state index in [-0.39, 0.29) is 24.0 Å². The molecule has 0 aliphatic heterocycles. The zero-order chi connectivity index (χ0) is 26.6. The number of sulfonamides is 1. The molecule has 2 rings (SSSR count). The van der Waals surface area contributed by atoms with Gasteiger partial charge in [-0.05, 0) is 73.4 Å². The van der Waals surface area contributed by atoms with E-state index >= 15 is 0 Å². The minimum Gasteiger partial charge on any atom is -0.486 e. The van der Waals surface area contributed by atoms with Gasteiger partial charge < -0.3 is 4.74 Å². The Morgan fingerprint density at radius 1 is 1.03 bits per heavy atom. The van der Waals surface area contributed by atoms with Crippen molar-refractivity contribution in [3.63, 3.8) is 0 Å². The zero-order valence-corrected chi connectivity index (χ0v) is 21.9. The van der Waals surface area contributed by atoms with Crippen LogP contribution in [0.4, 0.5) is 18.9 Å². The fourth-order valence-corrected chi connectivity index (χ4v) is 4.23. The van der Waals surface area contributed by atoms with Crippen molar-refractivity contribution >= 4 is 21.5 Å². The van der Waals surface area contributed by atoms with Gasteiger partial charge in [-0.2, -0.15) is 21.6 Å². The summed E-state index contributed by atoms with van der Waals surface area (Å²) >= 11 is 0. The van der Waals surface area contributed by atoms with Crippen LogP contribution in [0.15, 0.2) is 36.4 Å². The molecule has 0 heterocycles. The van der Waals surface area contributed by atoms with Gasteiger partial charge in [0, 0.05) is 5.41 Å². The Morgan fingerprint density at radius 2 is 1.69 bits per heavy atom. The number of hydrogen-bond donors (Lipinski definition) is 1. The summed E-state index contributed by atoms with van der Waals surface area (Å²) in [6, 6.07) is 10.7. The van der Waals surface area contributed by atoms with Gasteiger partial charge in [0.15, 0.2) is 5.78 Å². The van der Waals surface area contributed by atoms with E-state index in [1.807, 2.05) is 39.8 Å². The van der Waals surface area contributed by atoms with E-state index in [4.69, 9.17) is 4.74 Å². The average Bonchev–Trinajstić information content (AvgIpc) is 2.73. The Bertz CT molecular complexity index is 1150. The molecule has 5 nitrogen and oxygen atoms in total. The van der Waals surface area contributed by atoms with Gasteiger partial charge in [-0.3, -0.25) is 9.52 Å². The Kier molecular flexibility index (Phi) is 9.03. The third-order valence-corrected chi connectivity index (χ3v) is 7.08. The lowest BCUT2D eigenvalue weighted by Crippen LogP contribution is -2.30. The molecule has 0 aromatic heterocycles. The van der Waals surface area contributed by atoms with Gasteiger partial charge in [0.25, 0.3) is 0 Å². The second-order valence-electron chi connectivity index (χ2n) is 9.83. The molecule has 1 unspecified atom stereocenters. The number of aryl methyl sites for hydroxylation is 3. The van der Waals surface area contributed by atoms with Crippen molar-refractivity contribution in [3.05, 3.63) is 58.7 Å². The summed E-state index contributed by atoms with van der Waals surface area (Å²) in [5.74, 6) is 0.955. The summed E-state index contributed by atoms with van der Waals surface area (Å²) in [6.45, 7) is 11.2. The maximum absolute atomic E-state index is 12.6. The van der Waals surface area contributed by atoms with Crippen LogP contribution >= 0.6 is 0 Å². The molecule has 35 heavy (non-hydrogen) atoms. The second-order valence-corrected chi connectivity index (χ2v) is 11.5. The predicted molar refractivity (Wildman–Crippen MR) is 132 cm³/mol. The lowest BCUT2D eigenvalue weighted by molar-refractivity contribution is -0.128.